The van der Waals surface area contributed by atoms with E-state index < -0.39 is 5.82 Å². The third kappa shape index (κ3) is 4.29. The number of Topliss-reactive ketones (excluding diaryl/α,β-unsaturated/α-hetero) is 1. The van der Waals surface area contributed by atoms with E-state index in [1.807, 2.05) is 19.1 Å². The van der Waals surface area contributed by atoms with Gasteiger partial charge in [0, 0.05) is 25.7 Å². The number of hydrogen-bond donors (Lipinski definition) is 2. The van der Waals surface area contributed by atoms with Crippen LogP contribution >= 0.6 is 0 Å². The van der Waals surface area contributed by atoms with Gasteiger partial charge in [-0.05, 0) is 24.5 Å². The number of nitrogens with one attached hydrogen (secondary N) is 2. The van der Waals surface area contributed by atoms with Crippen LogP contribution in [0.1, 0.15) is 53.3 Å². The molecule has 1 saturated heterocycles. The van der Waals surface area contributed by atoms with Gasteiger partial charge in [0.1, 0.15) is 6.10 Å². The van der Waals surface area contributed by atoms with E-state index in [1.165, 1.54) is 0 Å². The van der Waals surface area contributed by atoms with Gasteiger partial charge in [0.05, 0.1) is 18.0 Å². The minimum absolute atomic E-state index is 0.0663. The average molecular weight is 346 g/mol. The molecule has 0 aliphatic carbocycles. The molecule has 0 radical (unpaired) electrons. The van der Waals surface area contributed by atoms with Gasteiger partial charge >= 0.3 is 0 Å². The monoisotopic (exact) mass is 346 g/mol. The number of morpholine rings is 1. The van der Waals surface area contributed by atoms with Crippen LogP contribution in [0, 0.1) is 5.82 Å². The van der Waals surface area contributed by atoms with E-state index in [4.69, 9.17) is 4.74 Å². The number of halogens is 1. The van der Waals surface area contributed by atoms with E-state index in [9.17, 15) is 9.18 Å². The van der Waals surface area contributed by atoms with E-state index in [0.29, 0.717) is 18.7 Å². The number of unbranched alkanes of at least 4 members (excludes halogenated alkanes) is 1. The van der Waals surface area contributed by atoms with Crippen molar-refractivity contribution < 1.29 is 13.9 Å². The Hall–Kier alpha value is -2.12. The number of aryl methyl sites for hydroxylation is 1. The van der Waals surface area contributed by atoms with Crippen LogP contribution in [0.3, 0.4) is 0 Å². The summed E-state index contributed by atoms with van der Waals surface area (Å²) in [5.41, 5.74) is 1.85. The number of ketones is 1. The third-order valence-corrected chi connectivity index (χ3v) is 4.29. The molecule has 0 aromatic carbocycles. The highest BCUT2D eigenvalue weighted by atomic mass is 19.1. The Kier molecular flexibility index (Phi) is 5.88. The molecule has 134 valence electrons. The number of nitrogens with zero attached hydrogens (tertiary/aromatic N) is 2. The van der Waals surface area contributed by atoms with Crippen LogP contribution in [-0.2, 0) is 17.6 Å². The molecule has 2 N–H and O–H groups in total. The molecule has 7 heteroatoms. The number of H-pyrrole nitrogens is 1. The Labute approximate surface area is 146 Å². The number of aromatic nitrogens is 3. The normalized spacial score (nSPS) is 17.6. The van der Waals surface area contributed by atoms with Crippen LogP contribution in [0.15, 0.2) is 18.3 Å². The molecule has 25 heavy (non-hydrogen) atoms. The van der Waals surface area contributed by atoms with Crippen molar-refractivity contribution in [2.24, 2.45) is 0 Å². The third-order valence-electron chi connectivity index (χ3n) is 4.29. The molecule has 1 fully saturated rings. The van der Waals surface area contributed by atoms with Crippen molar-refractivity contribution >= 4 is 5.78 Å². The fourth-order valence-corrected chi connectivity index (χ4v) is 2.82. The van der Waals surface area contributed by atoms with Gasteiger partial charge < -0.3 is 10.1 Å². The second kappa shape index (κ2) is 8.31. The Morgan fingerprint density at radius 2 is 2.32 bits per heavy atom. The van der Waals surface area contributed by atoms with Crippen LogP contribution in [-0.4, -0.2) is 40.7 Å². The predicted molar refractivity (Wildman–Crippen MR) is 91.0 cm³/mol. The van der Waals surface area contributed by atoms with Gasteiger partial charge in [0.2, 0.25) is 0 Å². The summed E-state index contributed by atoms with van der Waals surface area (Å²) in [6.45, 7) is 4.26. The quantitative estimate of drug-likeness (QED) is 0.753. The van der Waals surface area contributed by atoms with Gasteiger partial charge in [-0.1, -0.05) is 19.4 Å². The highest BCUT2D eigenvalue weighted by Crippen LogP contribution is 2.18. The zero-order valence-electron chi connectivity index (χ0n) is 14.3. The maximum atomic E-state index is 14.3. The van der Waals surface area contributed by atoms with E-state index in [0.717, 1.165) is 37.2 Å². The van der Waals surface area contributed by atoms with Crippen LogP contribution in [0.4, 0.5) is 4.39 Å². The minimum Gasteiger partial charge on any atom is -0.369 e. The molecule has 3 rings (SSSR count). The van der Waals surface area contributed by atoms with Crippen molar-refractivity contribution in [3.63, 3.8) is 0 Å². The van der Waals surface area contributed by atoms with Gasteiger partial charge in [0.15, 0.2) is 17.3 Å². The summed E-state index contributed by atoms with van der Waals surface area (Å²) >= 11 is 0. The molecule has 0 spiro atoms. The first-order valence-electron chi connectivity index (χ1n) is 8.72. The van der Waals surface area contributed by atoms with Gasteiger partial charge in [0.25, 0.3) is 0 Å². The van der Waals surface area contributed by atoms with Crippen LogP contribution < -0.4 is 5.32 Å². The molecule has 0 bridgehead atoms. The fourth-order valence-electron chi connectivity index (χ4n) is 2.82. The SMILES string of the molecule is CCCCc1[nH]nc(C(=O)Cc2ccc([C@@H]3CNCCO3)nc2)c1F. The number of hydrogen-bond acceptors (Lipinski definition) is 5. The summed E-state index contributed by atoms with van der Waals surface area (Å²) in [7, 11) is 0. The van der Waals surface area contributed by atoms with Crippen molar-refractivity contribution in [2.45, 2.75) is 38.7 Å². The zero-order valence-corrected chi connectivity index (χ0v) is 14.3. The van der Waals surface area contributed by atoms with Gasteiger partial charge in [-0.3, -0.25) is 14.9 Å². The van der Waals surface area contributed by atoms with E-state index in [-0.39, 0.29) is 24.0 Å². The summed E-state index contributed by atoms with van der Waals surface area (Å²) < 4.78 is 19.9. The van der Waals surface area contributed by atoms with Crippen LogP contribution in [0.2, 0.25) is 0 Å². The molecule has 1 atom stereocenters. The van der Waals surface area contributed by atoms with Gasteiger partial charge in [-0.25, -0.2) is 4.39 Å². The lowest BCUT2D eigenvalue weighted by molar-refractivity contribution is 0.0250. The number of carbonyl (C=O) groups excluding carboxylic acids is 1. The Morgan fingerprint density at radius 3 is 3.00 bits per heavy atom. The molecule has 1 aliphatic heterocycles. The molecular weight excluding hydrogens is 323 g/mol. The number of ether oxygens (including phenoxy) is 1. The summed E-state index contributed by atoms with van der Waals surface area (Å²) in [4.78, 5) is 16.7. The topological polar surface area (TPSA) is 79.9 Å². The first-order valence-corrected chi connectivity index (χ1v) is 8.72. The lowest BCUT2D eigenvalue weighted by atomic mass is 10.1. The molecule has 6 nitrogen and oxygen atoms in total. The van der Waals surface area contributed by atoms with Crippen LogP contribution in [0.25, 0.3) is 0 Å². The molecule has 2 aromatic rings. The first-order chi connectivity index (χ1) is 12.2. The molecule has 2 aromatic heterocycles. The van der Waals surface area contributed by atoms with Crippen molar-refractivity contribution in [2.75, 3.05) is 19.7 Å². The Balaban J connectivity index is 1.63. The minimum atomic E-state index is -0.523. The van der Waals surface area contributed by atoms with E-state index >= 15 is 0 Å². The van der Waals surface area contributed by atoms with Crippen molar-refractivity contribution in [1.82, 2.24) is 20.5 Å². The number of carbonyl (C=O) groups is 1. The fraction of sp³-hybridized carbons (Fsp3) is 0.500. The smallest absolute Gasteiger partial charge is 0.190 e. The number of aromatic amines is 1. The summed E-state index contributed by atoms with van der Waals surface area (Å²) in [6.07, 6.45) is 4.04. The Bertz CT molecular complexity index is 708. The number of pyridine rings is 1. The van der Waals surface area contributed by atoms with E-state index in [1.54, 1.807) is 6.20 Å². The second-order valence-corrected chi connectivity index (χ2v) is 6.22. The zero-order chi connectivity index (χ0) is 17.6. The average Bonchev–Trinajstić information content (AvgIpc) is 3.02. The highest BCUT2D eigenvalue weighted by Gasteiger charge is 2.20. The molecular formula is C18H23FN4O2. The molecule has 0 unspecified atom stereocenters. The number of rotatable bonds is 7. The van der Waals surface area contributed by atoms with E-state index in [2.05, 4.69) is 20.5 Å². The molecule has 3 heterocycles. The lowest BCUT2D eigenvalue weighted by Gasteiger charge is -2.23. The maximum absolute atomic E-state index is 14.3. The standard InChI is InChI=1S/C18H23FN4O2/c1-2-3-4-14-17(19)18(23-22-14)15(24)9-12-5-6-13(21-10-12)16-11-20-7-8-25-16/h5-6,10,16,20H,2-4,7-9,11H2,1H3,(H,22,23)/t16-/m0/s1. The second-order valence-electron chi connectivity index (χ2n) is 6.22. The Morgan fingerprint density at radius 1 is 1.44 bits per heavy atom. The first kappa shape index (κ1) is 17.7. The summed E-state index contributed by atoms with van der Waals surface area (Å²) in [6, 6.07) is 3.69. The molecule has 1 aliphatic rings. The predicted octanol–water partition coefficient (Wildman–Crippen LogP) is 2.37. The summed E-state index contributed by atoms with van der Waals surface area (Å²) in [5.74, 6) is -0.869. The molecule has 0 amide bonds. The summed E-state index contributed by atoms with van der Waals surface area (Å²) in [5, 5.41) is 9.75. The lowest BCUT2D eigenvalue weighted by Crippen LogP contribution is -2.33. The van der Waals surface area contributed by atoms with Gasteiger partial charge in [-0.15, -0.1) is 0 Å². The van der Waals surface area contributed by atoms with Crippen LogP contribution in [0.5, 0.6) is 0 Å². The van der Waals surface area contributed by atoms with Crippen molar-refractivity contribution in [3.8, 4) is 0 Å². The maximum Gasteiger partial charge on any atom is 0.190 e. The van der Waals surface area contributed by atoms with Gasteiger partial charge in [-0.2, -0.15) is 5.10 Å². The molecule has 0 saturated carbocycles. The van der Waals surface area contributed by atoms with Crippen molar-refractivity contribution in [1.29, 1.82) is 0 Å². The highest BCUT2D eigenvalue weighted by molar-refractivity contribution is 5.96. The largest absolute Gasteiger partial charge is 0.369 e. The van der Waals surface area contributed by atoms with Crippen molar-refractivity contribution in [3.05, 3.63) is 46.8 Å².